The third kappa shape index (κ3) is 4.94. The van der Waals surface area contributed by atoms with Gasteiger partial charge in [-0.1, -0.05) is 11.6 Å². The number of H-pyrrole nitrogens is 1. The number of aromatic nitrogens is 2. The number of pyridine rings is 1. The van der Waals surface area contributed by atoms with Crippen LogP contribution in [0.2, 0.25) is 5.02 Å². The van der Waals surface area contributed by atoms with Crippen molar-refractivity contribution in [2.24, 2.45) is 0 Å². The van der Waals surface area contributed by atoms with Crippen LogP contribution in [0.25, 0.3) is 10.9 Å². The quantitative estimate of drug-likeness (QED) is 0.353. The fraction of sp³-hybridized carbons (Fsp3) is 0.235. The van der Waals surface area contributed by atoms with Crippen molar-refractivity contribution >= 4 is 38.3 Å². The highest BCUT2D eigenvalue weighted by Crippen LogP contribution is 2.32. The molecule has 3 rings (SSSR count). The predicted molar refractivity (Wildman–Crippen MR) is 102 cm³/mol. The first-order valence-electron chi connectivity index (χ1n) is 8.39. The monoisotopic (exact) mass is 483 g/mol. The van der Waals surface area contributed by atoms with Crippen molar-refractivity contribution in [1.82, 2.24) is 9.97 Å². The summed E-state index contributed by atoms with van der Waals surface area (Å²) in [4.78, 5) is 5.80. The Morgan fingerprint density at radius 2 is 2.00 bits per heavy atom. The van der Waals surface area contributed by atoms with Crippen LogP contribution in [0, 0.1) is 11.6 Å². The number of ether oxygens (including phenoxy) is 3. The number of anilines is 1. The van der Waals surface area contributed by atoms with E-state index in [9.17, 15) is 26.0 Å². The molecule has 2 aromatic heterocycles. The van der Waals surface area contributed by atoms with E-state index >= 15 is 0 Å². The van der Waals surface area contributed by atoms with Crippen LogP contribution in [0.15, 0.2) is 29.3 Å². The fourth-order valence-electron chi connectivity index (χ4n) is 2.58. The van der Waals surface area contributed by atoms with Crippen LogP contribution in [0.4, 0.5) is 23.4 Å². The van der Waals surface area contributed by atoms with Gasteiger partial charge in [0.1, 0.15) is 11.5 Å². The van der Waals surface area contributed by atoms with Crippen LogP contribution >= 0.6 is 11.6 Å². The first-order chi connectivity index (χ1) is 14.6. The summed E-state index contributed by atoms with van der Waals surface area (Å²) in [7, 11) is -3.25. The minimum absolute atomic E-state index is 0.0132. The normalized spacial score (nSPS) is 11.8. The molecule has 1 aromatic carbocycles. The first kappa shape index (κ1) is 22.9. The molecule has 0 radical (unpaired) electrons. The molecule has 0 unspecified atom stereocenters. The Hall–Kier alpha value is -2.77. The van der Waals surface area contributed by atoms with Gasteiger partial charge < -0.3 is 19.2 Å². The largest absolute Gasteiger partial charge is 0.485 e. The van der Waals surface area contributed by atoms with Crippen molar-refractivity contribution < 1.29 is 40.2 Å². The van der Waals surface area contributed by atoms with Gasteiger partial charge in [0.2, 0.25) is 0 Å². The van der Waals surface area contributed by atoms with Crippen molar-refractivity contribution in [3.8, 4) is 11.6 Å². The van der Waals surface area contributed by atoms with Crippen LogP contribution < -0.4 is 14.2 Å². The predicted octanol–water partition coefficient (Wildman–Crippen LogP) is 3.92. The van der Waals surface area contributed by atoms with Crippen molar-refractivity contribution in [2.75, 3.05) is 25.0 Å². The highest BCUT2D eigenvalue weighted by molar-refractivity contribution is 7.93. The third-order valence-electron chi connectivity index (χ3n) is 3.91. The number of hydrogen-bond donors (Lipinski definition) is 2. The van der Waals surface area contributed by atoms with E-state index in [0.29, 0.717) is 0 Å². The maximum atomic E-state index is 14.4. The number of nitrogens with zero attached hydrogens (tertiary/aromatic N) is 1. The Labute approximate surface area is 178 Å². The zero-order chi connectivity index (χ0) is 22.8. The summed E-state index contributed by atoms with van der Waals surface area (Å²) in [5.41, 5.74) is -0.145. The third-order valence-corrected chi connectivity index (χ3v) is 5.59. The van der Waals surface area contributed by atoms with E-state index < -0.39 is 40.7 Å². The van der Waals surface area contributed by atoms with Gasteiger partial charge in [-0.2, -0.15) is 13.8 Å². The molecule has 3 aromatic rings. The number of nitrogens with one attached hydrogen (secondary N) is 2. The van der Waals surface area contributed by atoms with Gasteiger partial charge in [0.25, 0.3) is 15.9 Å². The van der Waals surface area contributed by atoms with Gasteiger partial charge >= 0.3 is 6.61 Å². The zero-order valence-electron chi connectivity index (χ0n) is 15.6. The average Bonchev–Trinajstić information content (AvgIpc) is 3.15. The number of aromatic amines is 1. The second-order valence-corrected chi connectivity index (χ2v) is 7.91. The molecular formula is C17H14ClF4N3O5S. The topological polar surface area (TPSA) is 103 Å². The minimum atomic E-state index is -4.41. The molecule has 0 aliphatic carbocycles. The van der Waals surface area contributed by atoms with E-state index in [1.54, 1.807) is 0 Å². The van der Waals surface area contributed by atoms with Crippen LogP contribution in [0.5, 0.6) is 11.6 Å². The molecule has 0 amide bonds. The molecule has 14 heteroatoms. The molecule has 2 heterocycles. The Morgan fingerprint density at radius 1 is 1.26 bits per heavy atom. The lowest BCUT2D eigenvalue weighted by Gasteiger charge is -2.13. The molecule has 0 spiro atoms. The van der Waals surface area contributed by atoms with Crippen molar-refractivity contribution in [1.29, 1.82) is 0 Å². The van der Waals surface area contributed by atoms with Crippen molar-refractivity contribution in [3.05, 3.63) is 41.1 Å². The Morgan fingerprint density at radius 3 is 2.68 bits per heavy atom. The summed E-state index contributed by atoms with van der Waals surface area (Å²) < 4.78 is 93.9. The maximum Gasteiger partial charge on any atom is 0.345 e. The van der Waals surface area contributed by atoms with Crippen LogP contribution in [-0.4, -0.2) is 45.3 Å². The molecule has 0 saturated heterocycles. The van der Waals surface area contributed by atoms with Gasteiger partial charge in [0.15, 0.2) is 23.2 Å². The number of methoxy groups -OCH3 is 1. The van der Waals surface area contributed by atoms with Gasteiger partial charge in [-0.25, -0.2) is 17.2 Å². The maximum absolute atomic E-state index is 14.4. The minimum Gasteiger partial charge on any atom is -0.485 e. The Kier molecular flexibility index (Phi) is 6.77. The smallest absolute Gasteiger partial charge is 0.345 e. The number of halogens is 5. The molecule has 0 aliphatic heterocycles. The molecule has 8 nitrogen and oxygen atoms in total. The highest BCUT2D eigenvalue weighted by Gasteiger charge is 2.24. The summed E-state index contributed by atoms with van der Waals surface area (Å²) in [6, 6.07) is 3.23. The summed E-state index contributed by atoms with van der Waals surface area (Å²) in [6.07, 6.45) is 1.02. The van der Waals surface area contributed by atoms with Crippen molar-refractivity contribution in [2.45, 2.75) is 11.5 Å². The molecule has 31 heavy (non-hydrogen) atoms. The molecule has 0 aliphatic rings. The zero-order valence-corrected chi connectivity index (χ0v) is 17.2. The fourth-order valence-corrected chi connectivity index (χ4v) is 3.92. The van der Waals surface area contributed by atoms with E-state index in [4.69, 9.17) is 21.1 Å². The Balaban J connectivity index is 1.87. The van der Waals surface area contributed by atoms with Gasteiger partial charge in [0, 0.05) is 17.6 Å². The lowest BCUT2D eigenvalue weighted by Crippen LogP contribution is -2.16. The number of hydrogen-bond acceptors (Lipinski definition) is 6. The molecular weight excluding hydrogens is 470 g/mol. The molecule has 0 saturated carbocycles. The standard InChI is InChI=1S/C17H14ClF4N3O5S/c1-28-16-11(29-4-5-30-17(21)22)6-10(19)15(24-16)25-31(26,27)12-7-23-14-8(12)2-3-9(18)13(14)20/h2-3,6-7,17,23H,4-5H2,1H3,(H,24,25). The molecule has 168 valence electrons. The number of benzene rings is 1. The SMILES string of the molecule is COc1nc(NS(=O)(=O)c2c[nH]c3c(F)c(Cl)ccc23)c(F)cc1OCCOC(F)F. The lowest BCUT2D eigenvalue weighted by atomic mass is 10.2. The summed E-state index contributed by atoms with van der Waals surface area (Å²) in [6.45, 7) is -3.85. The van der Waals surface area contributed by atoms with Gasteiger partial charge in [-0.05, 0) is 12.1 Å². The van der Waals surface area contributed by atoms with E-state index in [1.165, 1.54) is 12.1 Å². The van der Waals surface area contributed by atoms with Gasteiger partial charge in [-0.3, -0.25) is 4.72 Å². The summed E-state index contributed by atoms with van der Waals surface area (Å²) in [5, 5.41) is -0.223. The van der Waals surface area contributed by atoms with E-state index in [1.807, 2.05) is 4.72 Å². The second kappa shape index (κ2) is 9.16. The molecule has 0 fully saturated rings. The van der Waals surface area contributed by atoms with Crippen LogP contribution in [0.1, 0.15) is 0 Å². The number of sulfonamides is 1. The number of rotatable bonds is 9. The molecule has 0 bridgehead atoms. The van der Waals surface area contributed by atoms with E-state index in [0.717, 1.165) is 19.4 Å². The van der Waals surface area contributed by atoms with Crippen molar-refractivity contribution in [3.63, 3.8) is 0 Å². The lowest BCUT2D eigenvalue weighted by molar-refractivity contribution is -0.133. The summed E-state index contributed by atoms with van der Waals surface area (Å²) >= 11 is 5.68. The molecule has 0 atom stereocenters. The van der Waals surface area contributed by atoms with E-state index in [2.05, 4.69) is 14.7 Å². The highest BCUT2D eigenvalue weighted by atomic mass is 35.5. The molecule has 2 N–H and O–H groups in total. The van der Waals surface area contributed by atoms with Gasteiger partial charge in [-0.15, -0.1) is 0 Å². The second-order valence-electron chi connectivity index (χ2n) is 5.85. The van der Waals surface area contributed by atoms with E-state index in [-0.39, 0.29) is 39.1 Å². The number of fused-ring (bicyclic) bond motifs is 1. The van der Waals surface area contributed by atoms with Crippen LogP contribution in [-0.2, 0) is 14.8 Å². The van der Waals surface area contributed by atoms with Gasteiger partial charge in [0.05, 0.1) is 24.3 Å². The Bertz CT molecular complexity index is 1210. The van der Waals surface area contributed by atoms with Crippen LogP contribution in [0.3, 0.4) is 0 Å². The average molecular weight is 484 g/mol. The summed E-state index contributed by atoms with van der Waals surface area (Å²) in [5.74, 6) is -3.28. The number of alkyl halides is 2. The first-order valence-corrected chi connectivity index (χ1v) is 10.2.